The van der Waals surface area contributed by atoms with Crippen LogP contribution in [0.3, 0.4) is 0 Å². The Kier molecular flexibility index (Phi) is 9.43. The first-order valence-corrected chi connectivity index (χ1v) is 13.4. The zero-order valence-corrected chi connectivity index (χ0v) is 21.9. The quantitative estimate of drug-likeness (QED) is 0.406. The molecular formula is C23H28O10S2. The fraction of sp³-hybridized carbons (Fsp3) is 0.304. The smallest absolute Gasteiger partial charge is 0.203 e. The topological polar surface area (TPSA) is 124 Å². The Hall–Kier alpha value is -3.38. The maximum Gasteiger partial charge on any atom is 0.203 e. The molecule has 0 atom stereocenters. The average Bonchev–Trinajstić information content (AvgIpc) is 2.84. The van der Waals surface area contributed by atoms with E-state index in [1.807, 2.05) is 0 Å². The minimum atomic E-state index is -4.14. The van der Waals surface area contributed by atoms with Gasteiger partial charge < -0.3 is 28.4 Å². The number of hydrogen-bond acceptors (Lipinski definition) is 10. The van der Waals surface area contributed by atoms with Crippen molar-refractivity contribution in [1.82, 2.24) is 0 Å². The molecule has 0 bridgehead atoms. The van der Waals surface area contributed by atoms with Gasteiger partial charge in [-0.25, -0.2) is 16.8 Å². The van der Waals surface area contributed by atoms with Crippen LogP contribution in [0.1, 0.15) is 11.1 Å². The number of ether oxygens (including phenoxy) is 6. The van der Waals surface area contributed by atoms with Crippen LogP contribution in [0.5, 0.6) is 34.5 Å². The van der Waals surface area contributed by atoms with Crippen molar-refractivity contribution in [3.8, 4) is 34.5 Å². The van der Waals surface area contributed by atoms with Crippen molar-refractivity contribution in [3.05, 3.63) is 46.2 Å². The van der Waals surface area contributed by atoms with Crippen LogP contribution in [0.2, 0.25) is 0 Å². The van der Waals surface area contributed by atoms with Gasteiger partial charge in [0.25, 0.3) is 0 Å². The van der Waals surface area contributed by atoms with E-state index in [-0.39, 0.29) is 0 Å². The molecule has 0 radical (unpaired) electrons. The van der Waals surface area contributed by atoms with E-state index in [9.17, 15) is 16.8 Å². The Morgan fingerprint density at radius 3 is 1.06 bits per heavy atom. The predicted octanol–water partition coefficient (Wildman–Crippen LogP) is 3.17. The van der Waals surface area contributed by atoms with Gasteiger partial charge >= 0.3 is 0 Å². The zero-order valence-electron chi connectivity index (χ0n) is 20.2. The summed E-state index contributed by atoms with van der Waals surface area (Å²) in [4.78, 5) is 0. The molecule has 0 heterocycles. The number of methoxy groups -OCH3 is 6. The maximum atomic E-state index is 12.5. The van der Waals surface area contributed by atoms with E-state index >= 15 is 0 Å². The van der Waals surface area contributed by atoms with E-state index in [4.69, 9.17) is 28.4 Å². The lowest BCUT2D eigenvalue weighted by Crippen LogP contribution is -2.11. The van der Waals surface area contributed by atoms with Crippen molar-refractivity contribution in [2.75, 3.05) is 47.7 Å². The Bertz CT molecular complexity index is 1160. The zero-order chi connectivity index (χ0) is 26.2. The van der Waals surface area contributed by atoms with Crippen LogP contribution in [0.15, 0.2) is 35.1 Å². The molecule has 2 aromatic rings. The average molecular weight is 529 g/mol. The van der Waals surface area contributed by atoms with Crippen LogP contribution in [0.25, 0.3) is 12.2 Å². The Morgan fingerprint density at radius 2 is 0.829 bits per heavy atom. The summed E-state index contributed by atoms with van der Waals surface area (Å²) in [5, 5.41) is 0.513. The second kappa shape index (κ2) is 11.8. The summed E-state index contributed by atoms with van der Waals surface area (Å²) >= 11 is 0. The third-order valence-corrected chi connectivity index (χ3v) is 8.37. The molecule has 0 amide bonds. The molecule has 0 aliphatic heterocycles. The van der Waals surface area contributed by atoms with E-state index in [1.165, 1.54) is 79.1 Å². The molecule has 35 heavy (non-hydrogen) atoms. The van der Waals surface area contributed by atoms with Crippen LogP contribution < -0.4 is 28.4 Å². The second-order valence-electron chi connectivity index (χ2n) is 6.97. The third-order valence-electron chi connectivity index (χ3n) is 4.64. The van der Waals surface area contributed by atoms with Gasteiger partial charge in [-0.1, -0.05) is 0 Å². The molecule has 0 aromatic heterocycles. The van der Waals surface area contributed by atoms with Gasteiger partial charge in [0, 0.05) is 10.8 Å². The summed E-state index contributed by atoms with van der Waals surface area (Å²) in [5.74, 6) is 1.98. The lowest BCUT2D eigenvalue weighted by molar-refractivity contribution is 0.324. The predicted molar refractivity (Wildman–Crippen MR) is 133 cm³/mol. The minimum absolute atomic E-state index is 0.324. The highest BCUT2D eigenvalue weighted by Gasteiger charge is 2.19. The molecule has 2 rings (SSSR count). The summed E-state index contributed by atoms with van der Waals surface area (Å²) in [6.45, 7) is 0. The molecule has 0 saturated heterocycles. The van der Waals surface area contributed by atoms with Crippen molar-refractivity contribution >= 4 is 31.8 Å². The Labute approximate surface area is 205 Å². The first-order valence-electron chi connectivity index (χ1n) is 9.94. The highest BCUT2D eigenvalue weighted by atomic mass is 32.3. The summed E-state index contributed by atoms with van der Waals surface area (Å²) < 4.78 is 81.4. The molecule has 0 saturated carbocycles. The molecule has 0 N–H and O–H groups in total. The van der Waals surface area contributed by atoms with Gasteiger partial charge in [-0.3, -0.25) is 0 Å². The summed E-state index contributed by atoms with van der Waals surface area (Å²) in [5.41, 5.74) is 0.821. The second-order valence-corrected chi connectivity index (χ2v) is 11.1. The SMILES string of the molecule is COc1cc(C=CS(=O)(=O)CS(=O)(=O)C=Cc2cc(OC)c(OC)c(OC)c2)cc(OC)c1OC. The number of rotatable bonds is 12. The van der Waals surface area contributed by atoms with E-state index in [0.29, 0.717) is 45.6 Å². The van der Waals surface area contributed by atoms with Crippen LogP contribution in [-0.2, 0) is 19.7 Å². The van der Waals surface area contributed by atoms with Gasteiger partial charge in [-0.2, -0.15) is 0 Å². The van der Waals surface area contributed by atoms with Gasteiger partial charge in [0.1, 0.15) is 0 Å². The maximum absolute atomic E-state index is 12.5. The summed E-state index contributed by atoms with van der Waals surface area (Å²) in [6.07, 6.45) is 2.50. The fourth-order valence-electron chi connectivity index (χ4n) is 3.07. The lowest BCUT2D eigenvalue weighted by atomic mass is 10.2. The Balaban J connectivity index is 2.28. The van der Waals surface area contributed by atoms with Gasteiger partial charge in [-0.05, 0) is 47.5 Å². The van der Waals surface area contributed by atoms with Crippen molar-refractivity contribution in [2.24, 2.45) is 0 Å². The molecule has 10 nitrogen and oxygen atoms in total. The number of sulfone groups is 2. The van der Waals surface area contributed by atoms with Crippen molar-refractivity contribution in [3.63, 3.8) is 0 Å². The highest BCUT2D eigenvalue weighted by Crippen LogP contribution is 2.39. The first kappa shape index (κ1) is 27.9. The molecule has 12 heteroatoms. The molecule has 0 aliphatic carbocycles. The first-order chi connectivity index (χ1) is 16.5. The standard InChI is InChI=1S/C23H28O10S2/c1-28-18-11-16(12-19(29-2)22(18)32-5)7-9-34(24,25)15-35(26,27)10-8-17-13-20(30-3)23(33-6)21(14-17)31-4/h7-14H,15H2,1-6H3. The Morgan fingerprint density at radius 1 is 0.543 bits per heavy atom. The molecular weight excluding hydrogens is 500 g/mol. The van der Waals surface area contributed by atoms with Crippen molar-refractivity contribution in [2.45, 2.75) is 0 Å². The van der Waals surface area contributed by atoms with E-state index in [2.05, 4.69) is 0 Å². The molecule has 2 aromatic carbocycles. The fourth-order valence-corrected chi connectivity index (χ4v) is 6.26. The van der Waals surface area contributed by atoms with Gasteiger partial charge in [-0.15, -0.1) is 0 Å². The minimum Gasteiger partial charge on any atom is -0.493 e. The molecule has 0 unspecified atom stereocenters. The molecule has 0 aliphatic rings. The summed E-state index contributed by atoms with van der Waals surface area (Å²) in [7, 11) is 0.313. The number of hydrogen-bond donors (Lipinski definition) is 0. The third kappa shape index (κ3) is 7.30. The molecule has 0 fully saturated rings. The van der Waals surface area contributed by atoms with E-state index in [0.717, 1.165) is 10.8 Å². The van der Waals surface area contributed by atoms with Gasteiger partial charge in [0.05, 0.1) is 42.7 Å². The number of benzene rings is 2. The van der Waals surface area contributed by atoms with Crippen molar-refractivity contribution < 1.29 is 45.3 Å². The highest BCUT2D eigenvalue weighted by molar-refractivity contribution is 8.10. The lowest BCUT2D eigenvalue weighted by Gasteiger charge is -2.13. The van der Waals surface area contributed by atoms with E-state index in [1.54, 1.807) is 0 Å². The van der Waals surface area contributed by atoms with Gasteiger partial charge in [0.2, 0.25) is 11.5 Å². The van der Waals surface area contributed by atoms with Crippen LogP contribution in [0.4, 0.5) is 0 Å². The van der Waals surface area contributed by atoms with Crippen molar-refractivity contribution in [1.29, 1.82) is 0 Å². The van der Waals surface area contributed by atoms with Crippen LogP contribution in [-0.4, -0.2) is 64.6 Å². The summed E-state index contributed by atoms with van der Waals surface area (Å²) in [6, 6.07) is 6.14. The molecule has 0 spiro atoms. The van der Waals surface area contributed by atoms with Crippen LogP contribution >= 0.6 is 0 Å². The van der Waals surface area contributed by atoms with Gasteiger partial charge in [0.15, 0.2) is 47.8 Å². The van der Waals surface area contributed by atoms with E-state index < -0.39 is 24.8 Å². The van der Waals surface area contributed by atoms with Crippen LogP contribution in [0, 0.1) is 0 Å². The molecule has 192 valence electrons. The normalized spacial score (nSPS) is 12.1. The largest absolute Gasteiger partial charge is 0.493 e. The monoisotopic (exact) mass is 528 g/mol.